The van der Waals surface area contributed by atoms with Crippen molar-refractivity contribution in [2.24, 2.45) is 5.92 Å². The van der Waals surface area contributed by atoms with Crippen molar-refractivity contribution in [3.63, 3.8) is 0 Å². The third-order valence-electron chi connectivity index (χ3n) is 3.81. The summed E-state index contributed by atoms with van der Waals surface area (Å²) < 4.78 is 5.24. The number of hydrogen-bond donors (Lipinski definition) is 1. The monoisotopic (exact) mass is 370 g/mol. The van der Waals surface area contributed by atoms with Crippen LogP contribution in [0.2, 0.25) is 0 Å². The maximum atomic E-state index is 12.3. The molecule has 0 saturated carbocycles. The normalized spacial score (nSPS) is 11.0. The Hall–Kier alpha value is -1.62. The van der Waals surface area contributed by atoms with Crippen molar-refractivity contribution >= 4 is 24.3 Å². The largest absolute Gasteiger partial charge is 0.445 e. The van der Waals surface area contributed by atoms with Gasteiger partial charge in [-0.05, 0) is 57.7 Å². The van der Waals surface area contributed by atoms with Crippen LogP contribution in [-0.2, 0) is 16.1 Å². The highest BCUT2D eigenvalue weighted by Crippen LogP contribution is 2.14. The number of hydrogen-bond acceptors (Lipinski definition) is 4. The van der Waals surface area contributed by atoms with E-state index in [0.29, 0.717) is 12.3 Å². The van der Waals surface area contributed by atoms with Crippen LogP contribution >= 0.6 is 12.4 Å². The first kappa shape index (κ1) is 23.4. The zero-order valence-corrected chi connectivity index (χ0v) is 17.0. The van der Waals surface area contributed by atoms with Crippen molar-refractivity contribution in [3.05, 3.63) is 29.1 Å². The molecule has 1 rings (SSSR count). The Labute approximate surface area is 157 Å². The molecule has 0 aliphatic carbocycles. The molecule has 0 aliphatic heterocycles. The molecule has 0 atom stereocenters. The molecule has 25 heavy (non-hydrogen) atoms. The Morgan fingerprint density at radius 2 is 1.76 bits per heavy atom. The van der Waals surface area contributed by atoms with Gasteiger partial charge in [-0.25, -0.2) is 4.79 Å². The molecule has 142 valence electrons. The minimum absolute atomic E-state index is 0. The van der Waals surface area contributed by atoms with Crippen LogP contribution in [0.5, 0.6) is 0 Å². The van der Waals surface area contributed by atoms with E-state index in [1.165, 1.54) is 0 Å². The Balaban J connectivity index is 0.00000576. The number of ether oxygens (including phenoxy) is 1. The zero-order valence-electron chi connectivity index (χ0n) is 16.1. The lowest BCUT2D eigenvalue weighted by atomic mass is 9.93. The second-order valence-corrected chi connectivity index (χ2v) is 7.29. The van der Waals surface area contributed by atoms with E-state index in [4.69, 9.17) is 4.74 Å². The summed E-state index contributed by atoms with van der Waals surface area (Å²) in [5.41, 5.74) is 1.73. The number of nitrogens with one attached hydrogen (secondary N) is 1. The van der Waals surface area contributed by atoms with Crippen molar-refractivity contribution in [2.75, 3.05) is 0 Å². The number of aromatic nitrogens is 1. The van der Waals surface area contributed by atoms with Gasteiger partial charge in [0.1, 0.15) is 6.61 Å². The summed E-state index contributed by atoms with van der Waals surface area (Å²) >= 11 is 0. The molecule has 1 aromatic rings. The number of halogens is 1. The lowest BCUT2D eigenvalue weighted by Gasteiger charge is -2.24. The van der Waals surface area contributed by atoms with Crippen LogP contribution in [0.4, 0.5) is 4.79 Å². The van der Waals surface area contributed by atoms with Crippen LogP contribution in [0.3, 0.4) is 0 Å². The summed E-state index contributed by atoms with van der Waals surface area (Å²) in [5, 5.41) is 2.67. The predicted octanol–water partition coefficient (Wildman–Crippen LogP) is 4.52. The molecule has 1 aromatic heterocycles. The predicted molar refractivity (Wildman–Crippen MR) is 102 cm³/mol. The number of alkyl carbamates (subject to hydrolysis) is 1. The summed E-state index contributed by atoms with van der Waals surface area (Å²) in [6, 6.07) is 3.75. The van der Waals surface area contributed by atoms with Gasteiger partial charge >= 0.3 is 6.09 Å². The van der Waals surface area contributed by atoms with Crippen LogP contribution in [-0.4, -0.2) is 22.4 Å². The van der Waals surface area contributed by atoms with Gasteiger partial charge in [0.25, 0.3) is 0 Å². The summed E-state index contributed by atoms with van der Waals surface area (Å²) in [6.45, 7) is 11.7. The van der Waals surface area contributed by atoms with Crippen molar-refractivity contribution < 1.29 is 14.3 Å². The minimum atomic E-state index is -0.919. The maximum absolute atomic E-state index is 12.3. The van der Waals surface area contributed by atoms with E-state index in [1.807, 2.05) is 26.0 Å². The first-order valence-corrected chi connectivity index (χ1v) is 8.52. The number of aryl methyl sites for hydroxylation is 2. The van der Waals surface area contributed by atoms with Gasteiger partial charge in [0.15, 0.2) is 5.78 Å². The Bertz CT molecular complexity index is 566. The van der Waals surface area contributed by atoms with E-state index in [-0.39, 0.29) is 24.8 Å². The molecular weight excluding hydrogens is 340 g/mol. The van der Waals surface area contributed by atoms with Crippen molar-refractivity contribution in [3.8, 4) is 0 Å². The summed E-state index contributed by atoms with van der Waals surface area (Å²) in [4.78, 5) is 28.5. The standard InChI is InChI=1S/C19H30N2O3.ClH/c1-13(2)8-7-9-17(22)19(5,6)21-18(23)24-12-16-10-14(3)20-15(4)11-16;/h10-11,13H,7-9,12H2,1-6H3,(H,21,23);1H. The van der Waals surface area contributed by atoms with Crippen LogP contribution in [0.15, 0.2) is 12.1 Å². The molecular formula is C19H31ClN2O3. The SMILES string of the molecule is Cc1cc(COC(=O)NC(C)(C)C(=O)CCCC(C)C)cc(C)n1.Cl. The van der Waals surface area contributed by atoms with Crippen molar-refractivity contribution in [1.82, 2.24) is 10.3 Å². The van der Waals surface area contributed by atoms with Gasteiger partial charge < -0.3 is 10.1 Å². The molecule has 5 nitrogen and oxygen atoms in total. The fraction of sp³-hybridized carbons (Fsp3) is 0.632. The fourth-order valence-electron chi connectivity index (χ4n) is 2.50. The van der Waals surface area contributed by atoms with Crippen LogP contribution in [0, 0.1) is 19.8 Å². The number of carbonyl (C=O) groups excluding carboxylic acids is 2. The number of pyridine rings is 1. The molecule has 0 spiro atoms. The third-order valence-corrected chi connectivity index (χ3v) is 3.81. The Kier molecular flexibility index (Phi) is 9.72. The van der Waals surface area contributed by atoms with Gasteiger partial charge in [0.2, 0.25) is 0 Å². The maximum Gasteiger partial charge on any atom is 0.408 e. The zero-order chi connectivity index (χ0) is 18.3. The molecule has 0 fully saturated rings. The Morgan fingerprint density at radius 1 is 1.20 bits per heavy atom. The van der Waals surface area contributed by atoms with Crippen molar-refractivity contribution in [2.45, 2.75) is 73.0 Å². The fourth-order valence-corrected chi connectivity index (χ4v) is 2.50. The first-order valence-electron chi connectivity index (χ1n) is 8.52. The molecule has 1 amide bonds. The molecule has 1 N–H and O–H groups in total. The quantitative estimate of drug-likeness (QED) is 0.730. The molecule has 6 heteroatoms. The number of carbonyl (C=O) groups is 2. The van der Waals surface area contributed by atoms with Crippen LogP contribution < -0.4 is 5.32 Å². The second kappa shape index (κ2) is 10.4. The number of nitrogens with zero attached hydrogens (tertiary/aromatic N) is 1. The van der Waals surface area contributed by atoms with E-state index in [1.54, 1.807) is 13.8 Å². The molecule has 0 bridgehead atoms. The summed E-state index contributed by atoms with van der Waals surface area (Å²) in [7, 11) is 0. The number of ketones is 1. The topological polar surface area (TPSA) is 68.3 Å². The van der Waals surface area contributed by atoms with Gasteiger partial charge in [0, 0.05) is 17.8 Å². The highest BCUT2D eigenvalue weighted by Gasteiger charge is 2.29. The summed E-state index contributed by atoms with van der Waals surface area (Å²) in [5.74, 6) is 0.599. The summed E-state index contributed by atoms with van der Waals surface area (Å²) in [6.07, 6.45) is 1.73. The molecule has 0 saturated heterocycles. The molecule has 0 aliphatic rings. The Morgan fingerprint density at radius 3 is 2.28 bits per heavy atom. The van der Waals surface area contributed by atoms with E-state index in [0.717, 1.165) is 29.8 Å². The van der Waals surface area contributed by atoms with E-state index >= 15 is 0 Å². The minimum Gasteiger partial charge on any atom is -0.445 e. The lowest BCUT2D eigenvalue weighted by Crippen LogP contribution is -2.49. The highest BCUT2D eigenvalue weighted by molar-refractivity contribution is 5.90. The van der Waals surface area contributed by atoms with Gasteiger partial charge in [-0.2, -0.15) is 0 Å². The number of Topliss-reactive ketones (excluding diaryl/α,β-unsaturated/α-hetero) is 1. The average Bonchev–Trinajstić information content (AvgIpc) is 2.43. The lowest BCUT2D eigenvalue weighted by molar-refractivity contribution is -0.124. The van der Waals surface area contributed by atoms with Gasteiger partial charge in [0.05, 0.1) is 5.54 Å². The van der Waals surface area contributed by atoms with Gasteiger partial charge in [-0.15, -0.1) is 12.4 Å². The smallest absolute Gasteiger partial charge is 0.408 e. The van der Waals surface area contributed by atoms with Crippen LogP contribution in [0.1, 0.15) is 63.9 Å². The molecule has 0 radical (unpaired) electrons. The third kappa shape index (κ3) is 8.87. The van der Waals surface area contributed by atoms with E-state index in [9.17, 15) is 9.59 Å². The van der Waals surface area contributed by atoms with E-state index in [2.05, 4.69) is 24.1 Å². The highest BCUT2D eigenvalue weighted by atomic mass is 35.5. The average molecular weight is 371 g/mol. The number of rotatable bonds is 8. The molecule has 0 unspecified atom stereocenters. The number of amides is 1. The molecule has 0 aromatic carbocycles. The van der Waals surface area contributed by atoms with Crippen molar-refractivity contribution in [1.29, 1.82) is 0 Å². The van der Waals surface area contributed by atoms with Gasteiger partial charge in [-0.1, -0.05) is 20.3 Å². The molecule has 1 heterocycles. The van der Waals surface area contributed by atoms with E-state index < -0.39 is 11.6 Å². The first-order chi connectivity index (χ1) is 11.1. The second-order valence-electron chi connectivity index (χ2n) is 7.29. The van der Waals surface area contributed by atoms with Gasteiger partial charge in [-0.3, -0.25) is 9.78 Å². The van der Waals surface area contributed by atoms with Crippen LogP contribution in [0.25, 0.3) is 0 Å².